The Hall–Kier alpha value is -4.05. The predicted octanol–water partition coefficient (Wildman–Crippen LogP) is 4.15. The van der Waals surface area contributed by atoms with E-state index in [2.05, 4.69) is 5.32 Å². The second kappa shape index (κ2) is 13.8. The third-order valence-corrected chi connectivity index (χ3v) is 8.23. The van der Waals surface area contributed by atoms with E-state index >= 15 is 0 Å². The molecule has 0 spiro atoms. The summed E-state index contributed by atoms with van der Waals surface area (Å²) in [4.78, 5) is 28.4. The molecule has 0 radical (unpaired) electrons. The minimum atomic E-state index is -4.24. The maximum atomic E-state index is 14.1. The van der Waals surface area contributed by atoms with E-state index in [0.29, 0.717) is 12.3 Å². The van der Waals surface area contributed by atoms with Crippen LogP contribution in [0.25, 0.3) is 0 Å². The highest BCUT2D eigenvalue weighted by Crippen LogP contribution is 2.36. The molecule has 0 aliphatic carbocycles. The van der Waals surface area contributed by atoms with E-state index in [1.807, 2.05) is 44.2 Å². The molecule has 0 bridgehead atoms. The molecular weight excluding hydrogens is 530 g/mol. The topological polar surface area (TPSA) is 105 Å². The van der Waals surface area contributed by atoms with Crippen molar-refractivity contribution in [2.45, 2.75) is 44.7 Å². The van der Waals surface area contributed by atoms with E-state index in [9.17, 15) is 18.0 Å². The number of hydrogen-bond acceptors (Lipinski definition) is 6. The molecule has 1 atom stereocenters. The van der Waals surface area contributed by atoms with Gasteiger partial charge in [-0.25, -0.2) is 8.42 Å². The molecule has 9 nitrogen and oxygen atoms in total. The second-order valence-corrected chi connectivity index (χ2v) is 11.2. The Morgan fingerprint density at radius 1 is 0.950 bits per heavy atom. The average molecular weight is 568 g/mol. The van der Waals surface area contributed by atoms with Crippen LogP contribution in [0.1, 0.15) is 31.4 Å². The van der Waals surface area contributed by atoms with E-state index in [1.165, 1.54) is 37.3 Å². The fourth-order valence-corrected chi connectivity index (χ4v) is 5.52. The molecule has 214 valence electrons. The minimum Gasteiger partial charge on any atom is -0.497 e. The fraction of sp³-hybridized carbons (Fsp3) is 0.333. The number of benzene rings is 3. The highest BCUT2D eigenvalue weighted by Gasteiger charge is 2.34. The number of ether oxygens (including phenoxy) is 2. The summed E-state index contributed by atoms with van der Waals surface area (Å²) in [6, 6.07) is 19.5. The van der Waals surface area contributed by atoms with E-state index in [0.717, 1.165) is 21.9 Å². The molecule has 3 rings (SSSR count). The Balaban J connectivity index is 2.10. The number of methoxy groups -OCH3 is 2. The zero-order valence-corrected chi connectivity index (χ0v) is 24.4. The second-order valence-electron chi connectivity index (χ2n) is 9.34. The van der Waals surface area contributed by atoms with E-state index in [4.69, 9.17) is 9.47 Å². The lowest BCUT2D eigenvalue weighted by Gasteiger charge is -2.32. The molecule has 0 heterocycles. The van der Waals surface area contributed by atoms with Crippen molar-refractivity contribution in [3.05, 3.63) is 83.9 Å². The number of nitrogens with one attached hydrogen (secondary N) is 1. The first-order valence-corrected chi connectivity index (χ1v) is 14.5. The van der Waals surface area contributed by atoms with Crippen molar-refractivity contribution in [3.63, 3.8) is 0 Å². The summed E-state index contributed by atoms with van der Waals surface area (Å²) in [5.41, 5.74) is 1.83. The van der Waals surface area contributed by atoms with E-state index in [1.54, 1.807) is 31.2 Å². The van der Waals surface area contributed by atoms with Gasteiger partial charge in [-0.3, -0.25) is 13.9 Å². The molecule has 0 aliphatic rings. The van der Waals surface area contributed by atoms with Crippen LogP contribution in [0.15, 0.2) is 77.7 Å². The van der Waals surface area contributed by atoms with Crippen LogP contribution < -0.4 is 19.1 Å². The van der Waals surface area contributed by atoms with Gasteiger partial charge in [-0.05, 0) is 50.1 Å². The van der Waals surface area contributed by atoms with Gasteiger partial charge in [-0.2, -0.15) is 0 Å². The largest absolute Gasteiger partial charge is 0.497 e. The normalized spacial score (nSPS) is 11.8. The molecule has 0 aromatic heterocycles. The van der Waals surface area contributed by atoms with Crippen molar-refractivity contribution >= 4 is 27.5 Å². The molecule has 40 heavy (non-hydrogen) atoms. The highest BCUT2D eigenvalue weighted by molar-refractivity contribution is 7.92. The van der Waals surface area contributed by atoms with Crippen LogP contribution in [-0.2, 0) is 26.2 Å². The van der Waals surface area contributed by atoms with E-state index < -0.39 is 28.5 Å². The standard InChI is InChI=1S/C30H37N3O6S/c1-6-18-31-30(35)23(3)32(20-24-10-8-7-9-11-24)29(34)21-33(27-19-25(38-4)14-17-28(27)39-5)40(36,37)26-15-12-22(2)13-16-26/h7-17,19,23H,6,18,20-21H2,1-5H3,(H,31,35). The first-order chi connectivity index (χ1) is 19.1. The SMILES string of the molecule is CCCNC(=O)C(C)N(Cc1ccccc1)C(=O)CN(c1cc(OC)ccc1OC)S(=O)(=O)c1ccc(C)cc1. The van der Waals surface area contributed by atoms with Gasteiger partial charge < -0.3 is 19.7 Å². The quantitative estimate of drug-likeness (QED) is 0.333. The number of amides is 2. The van der Waals surface area contributed by atoms with Gasteiger partial charge in [-0.1, -0.05) is 55.0 Å². The van der Waals surface area contributed by atoms with Gasteiger partial charge in [0.1, 0.15) is 24.1 Å². The van der Waals surface area contributed by atoms with Gasteiger partial charge >= 0.3 is 0 Å². The molecule has 1 N–H and O–H groups in total. The zero-order chi connectivity index (χ0) is 29.3. The van der Waals surface area contributed by atoms with Crippen LogP contribution in [0.5, 0.6) is 11.5 Å². The number of hydrogen-bond donors (Lipinski definition) is 1. The average Bonchev–Trinajstić information content (AvgIpc) is 2.97. The Bertz CT molecular complexity index is 1390. The number of nitrogens with zero attached hydrogens (tertiary/aromatic N) is 2. The van der Waals surface area contributed by atoms with Crippen molar-refractivity contribution in [2.75, 3.05) is 31.6 Å². The van der Waals surface area contributed by atoms with Crippen molar-refractivity contribution in [1.82, 2.24) is 10.2 Å². The summed E-state index contributed by atoms with van der Waals surface area (Å²) in [5, 5.41) is 2.83. The van der Waals surface area contributed by atoms with Crippen LogP contribution in [0.3, 0.4) is 0 Å². The Morgan fingerprint density at radius 2 is 1.62 bits per heavy atom. The first-order valence-electron chi connectivity index (χ1n) is 13.0. The van der Waals surface area contributed by atoms with Gasteiger partial charge in [0.25, 0.3) is 10.0 Å². The summed E-state index contributed by atoms with van der Waals surface area (Å²) in [6.45, 7) is 5.44. The van der Waals surface area contributed by atoms with Gasteiger partial charge in [0.2, 0.25) is 11.8 Å². The van der Waals surface area contributed by atoms with Crippen molar-refractivity contribution in [1.29, 1.82) is 0 Å². The third kappa shape index (κ3) is 7.32. The lowest BCUT2D eigenvalue weighted by molar-refractivity contribution is -0.139. The zero-order valence-electron chi connectivity index (χ0n) is 23.6. The molecule has 10 heteroatoms. The number of sulfonamides is 1. The number of carbonyl (C=O) groups is 2. The summed E-state index contributed by atoms with van der Waals surface area (Å²) in [7, 11) is -1.35. The van der Waals surface area contributed by atoms with Gasteiger partial charge in [0, 0.05) is 19.2 Å². The number of carbonyl (C=O) groups excluding carboxylic acids is 2. The number of aryl methyl sites for hydroxylation is 1. The lowest BCUT2D eigenvalue weighted by atomic mass is 10.1. The van der Waals surface area contributed by atoms with Crippen molar-refractivity contribution < 1.29 is 27.5 Å². The highest BCUT2D eigenvalue weighted by atomic mass is 32.2. The van der Waals surface area contributed by atoms with Crippen LogP contribution in [-0.4, -0.2) is 58.5 Å². The summed E-state index contributed by atoms with van der Waals surface area (Å²) >= 11 is 0. The number of anilines is 1. The van der Waals surface area contributed by atoms with Crippen LogP contribution >= 0.6 is 0 Å². The number of rotatable bonds is 13. The minimum absolute atomic E-state index is 0.0131. The van der Waals surface area contributed by atoms with Crippen LogP contribution in [0.2, 0.25) is 0 Å². The monoisotopic (exact) mass is 567 g/mol. The Labute approximate surface area is 236 Å². The Kier molecular flexibility index (Phi) is 10.6. The molecule has 0 saturated carbocycles. The summed E-state index contributed by atoms with van der Waals surface area (Å²) < 4.78 is 40.0. The molecule has 0 saturated heterocycles. The summed E-state index contributed by atoms with van der Waals surface area (Å²) in [5.74, 6) is -0.241. The van der Waals surface area contributed by atoms with Gasteiger partial charge in [0.15, 0.2) is 0 Å². The van der Waals surface area contributed by atoms with Crippen molar-refractivity contribution in [2.24, 2.45) is 0 Å². The van der Waals surface area contributed by atoms with Crippen LogP contribution in [0, 0.1) is 6.92 Å². The van der Waals surface area contributed by atoms with Gasteiger partial charge in [0.05, 0.1) is 24.8 Å². The maximum absolute atomic E-state index is 14.1. The van der Waals surface area contributed by atoms with E-state index in [-0.39, 0.29) is 28.8 Å². The maximum Gasteiger partial charge on any atom is 0.264 e. The fourth-order valence-electron chi connectivity index (χ4n) is 4.10. The third-order valence-electron chi connectivity index (χ3n) is 6.45. The molecule has 3 aromatic rings. The smallest absolute Gasteiger partial charge is 0.264 e. The molecule has 0 aliphatic heterocycles. The molecule has 0 fully saturated rings. The molecule has 1 unspecified atom stereocenters. The summed E-state index contributed by atoms with van der Waals surface area (Å²) in [6.07, 6.45) is 0.739. The molecular formula is C30H37N3O6S. The van der Waals surface area contributed by atoms with Crippen molar-refractivity contribution in [3.8, 4) is 11.5 Å². The van der Waals surface area contributed by atoms with Crippen LogP contribution in [0.4, 0.5) is 5.69 Å². The molecule has 3 aromatic carbocycles. The lowest BCUT2D eigenvalue weighted by Crippen LogP contribution is -2.51. The first kappa shape index (κ1) is 30.5. The van der Waals surface area contributed by atoms with Gasteiger partial charge in [-0.15, -0.1) is 0 Å². The molecule has 2 amide bonds. The predicted molar refractivity (Wildman–Crippen MR) is 155 cm³/mol. The Morgan fingerprint density at radius 3 is 2.23 bits per heavy atom.